The summed E-state index contributed by atoms with van der Waals surface area (Å²) in [5, 5.41) is 20.8. The molecule has 2 heterocycles. The number of fused-ring (bicyclic) bond motifs is 1. The van der Waals surface area contributed by atoms with Gasteiger partial charge in [-0.25, -0.2) is 4.98 Å². The van der Waals surface area contributed by atoms with Gasteiger partial charge in [-0.2, -0.15) is 9.67 Å². The lowest BCUT2D eigenvalue weighted by atomic mass is 9.82. The van der Waals surface area contributed by atoms with Crippen molar-refractivity contribution in [2.24, 2.45) is 5.92 Å². The fourth-order valence-electron chi connectivity index (χ4n) is 2.81. The van der Waals surface area contributed by atoms with Crippen LogP contribution >= 0.6 is 0 Å². The number of aromatic nitrogens is 5. The Balaban J connectivity index is 1.58. The summed E-state index contributed by atoms with van der Waals surface area (Å²) in [5.74, 6) is 1.80. The Morgan fingerprint density at radius 2 is 2.08 bits per heavy atom. The van der Waals surface area contributed by atoms with Gasteiger partial charge in [0.1, 0.15) is 5.75 Å². The van der Waals surface area contributed by atoms with Crippen LogP contribution in [0.5, 0.6) is 5.75 Å². The van der Waals surface area contributed by atoms with E-state index in [4.69, 9.17) is 4.74 Å². The molecule has 8 nitrogen and oxygen atoms in total. The predicted molar refractivity (Wildman–Crippen MR) is 88.2 cm³/mol. The molecule has 2 aromatic heterocycles. The van der Waals surface area contributed by atoms with Gasteiger partial charge in [-0.1, -0.05) is 5.21 Å². The number of nitrogens with zero attached hydrogens (tertiary/aromatic N) is 5. The van der Waals surface area contributed by atoms with Crippen molar-refractivity contribution in [1.29, 1.82) is 0 Å². The van der Waals surface area contributed by atoms with Crippen molar-refractivity contribution in [3.8, 4) is 11.4 Å². The average Bonchev–Trinajstić information content (AvgIpc) is 3.01. The fourth-order valence-corrected chi connectivity index (χ4v) is 2.81. The van der Waals surface area contributed by atoms with E-state index in [1.807, 2.05) is 24.3 Å². The van der Waals surface area contributed by atoms with Crippen LogP contribution < -0.4 is 10.1 Å². The molecule has 1 aromatic carbocycles. The molecule has 4 rings (SSSR count). The summed E-state index contributed by atoms with van der Waals surface area (Å²) < 4.78 is 6.85. The Hall–Kier alpha value is -2.74. The van der Waals surface area contributed by atoms with E-state index < -0.39 is 0 Å². The van der Waals surface area contributed by atoms with Crippen molar-refractivity contribution in [3.05, 3.63) is 30.5 Å². The third-order valence-electron chi connectivity index (χ3n) is 4.27. The number of nitrogens with one attached hydrogen (secondary N) is 1. The van der Waals surface area contributed by atoms with Crippen molar-refractivity contribution in [2.75, 3.05) is 19.0 Å². The summed E-state index contributed by atoms with van der Waals surface area (Å²) >= 11 is 0. The third kappa shape index (κ3) is 2.76. The third-order valence-corrected chi connectivity index (χ3v) is 4.27. The highest BCUT2D eigenvalue weighted by molar-refractivity contribution is 5.71. The second-order valence-electron chi connectivity index (χ2n) is 5.97. The molecule has 0 spiro atoms. The van der Waals surface area contributed by atoms with E-state index in [1.54, 1.807) is 18.0 Å². The highest BCUT2D eigenvalue weighted by Gasteiger charge is 2.26. The first-order valence-electron chi connectivity index (χ1n) is 7.88. The molecular weight excluding hydrogens is 308 g/mol. The Morgan fingerprint density at radius 3 is 2.79 bits per heavy atom. The molecule has 8 heteroatoms. The number of benzene rings is 1. The van der Waals surface area contributed by atoms with E-state index in [1.165, 1.54) is 0 Å². The number of aliphatic hydroxyl groups is 1. The molecule has 1 fully saturated rings. The van der Waals surface area contributed by atoms with Crippen LogP contribution in [0.15, 0.2) is 30.5 Å². The Labute approximate surface area is 138 Å². The number of methoxy groups -OCH3 is 1. The summed E-state index contributed by atoms with van der Waals surface area (Å²) in [4.78, 5) is 8.80. The molecule has 0 radical (unpaired) electrons. The van der Waals surface area contributed by atoms with E-state index in [0.717, 1.165) is 30.8 Å². The van der Waals surface area contributed by atoms with Gasteiger partial charge >= 0.3 is 0 Å². The number of hydrogen-bond donors (Lipinski definition) is 2. The maximum atomic E-state index is 9.34. The molecule has 124 valence electrons. The van der Waals surface area contributed by atoms with Crippen molar-refractivity contribution in [2.45, 2.75) is 18.9 Å². The molecule has 0 aliphatic heterocycles. The van der Waals surface area contributed by atoms with Gasteiger partial charge in [-0.05, 0) is 43.0 Å². The van der Waals surface area contributed by atoms with Crippen LogP contribution in [-0.2, 0) is 0 Å². The van der Waals surface area contributed by atoms with Crippen LogP contribution in [0.2, 0.25) is 0 Å². The summed E-state index contributed by atoms with van der Waals surface area (Å²) in [6.07, 6.45) is 3.18. The van der Waals surface area contributed by atoms with Gasteiger partial charge in [-0.15, -0.1) is 5.10 Å². The van der Waals surface area contributed by atoms with Crippen LogP contribution in [0.4, 0.5) is 5.95 Å². The Bertz CT molecular complexity index is 841. The maximum absolute atomic E-state index is 9.34. The van der Waals surface area contributed by atoms with Gasteiger partial charge in [0.2, 0.25) is 5.95 Å². The fraction of sp³-hybridized carbons (Fsp3) is 0.375. The van der Waals surface area contributed by atoms with Crippen LogP contribution in [0, 0.1) is 5.92 Å². The summed E-state index contributed by atoms with van der Waals surface area (Å²) in [6.45, 7) is 0.757. The van der Waals surface area contributed by atoms with E-state index in [0.29, 0.717) is 23.0 Å². The van der Waals surface area contributed by atoms with E-state index in [-0.39, 0.29) is 6.10 Å². The van der Waals surface area contributed by atoms with Gasteiger partial charge < -0.3 is 15.2 Å². The second-order valence-corrected chi connectivity index (χ2v) is 5.97. The molecule has 0 atom stereocenters. The first kappa shape index (κ1) is 14.8. The lowest BCUT2D eigenvalue weighted by Gasteiger charge is -2.31. The molecule has 0 unspecified atom stereocenters. The standard InChI is InChI=1S/C16H18N6O2/c1-24-13-4-2-11(3-5-13)22-15-14(20-21-22)9-18-16(19-15)17-8-10-6-12(23)7-10/h2-5,9-10,12,23H,6-8H2,1H3,(H,17,18,19). The minimum Gasteiger partial charge on any atom is -0.497 e. The molecule has 0 amide bonds. The molecule has 3 aromatic rings. The summed E-state index contributed by atoms with van der Waals surface area (Å²) in [7, 11) is 1.63. The first-order valence-corrected chi connectivity index (χ1v) is 7.88. The van der Waals surface area contributed by atoms with Gasteiger partial charge in [0.15, 0.2) is 11.2 Å². The van der Waals surface area contributed by atoms with Crippen LogP contribution in [0.3, 0.4) is 0 Å². The van der Waals surface area contributed by atoms with E-state index in [2.05, 4.69) is 25.6 Å². The highest BCUT2D eigenvalue weighted by Crippen LogP contribution is 2.27. The largest absolute Gasteiger partial charge is 0.497 e. The number of ether oxygens (including phenoxy) is 1. The van der Waals surface area contributed by atoms with Crippen molar-refractivity contribution in [3.63, 3.8) is 0 Å². The molecule has 0 bridgehead atoms. The summed E-state index contributed by atoms with van der Waals surface area (Å²) in [5.41, 5.74) is 2.13. The predicted octanol–water partition coefficient (Wildman–Crippen LogP) is 1.40. The molecule has 0 saturated heterocycles. The summed E-state index contributed by atoms with van der Waals surface area (Å²) in [6, 6.07) is 7.53. The van der Waals surface area contributed by atoms with E-state index >= 15 is 0 Å². The molecule has 1 saturated carbocycles. The Morgan fingerprint density at radius 1 is 1.29 bits per heavy atom. The zero-order chi connectivity index (χ0) is 16.5. The number of anilines is 1. The van der Waals surface area contributed by atoms with Crippen molar-refractivity contribution < 1.29 is 9.84 Å². The SMILES string of the molecule is COc1ccc(-n2nnc3cnc(NCC4CC(O)C4)nc32)cc1. The molecule has 1 aliphatic carbocycles. The van der Waals surface area contributed by atoms with Crippen molar-refractivity contribution >= 4 is 17.1 Å². The second kappa shape index (κ2) is 6.04. The van der Waals surface area contributed by atoms with Crippen LogP contribution in [0.1, 0.15) is 12.8 Å². The first-order chi connectivity index (χ1) is 11.7. The van der Waals surface area contributed by atoms with Gasteiger partial charge in [-0.3, -0.25) is 0 Å². The normalized spacial score (nSPS) is 19.9. The molecular formula is C16H18N6O2. The van der Waals surface area contributed by atoms with Gasteiger partial charge in [0.05, 0.1) is 25.1 Å². The number of rotatable bonds is 5. The lowest BCUT2D eigenvalue weighted by Crippen LogP contribution is -2.33. The van der Waals surface area contributed by atoms with Crippen molar-refractivity contribution in [1.82, 2.24) is 25.0 Å². The average molecular weight is 326 g/mol. The Kier molecular flexibility index (Phi) is 3.73. The topological polar surface area (TPSA) is 98.0 Å². The smallest absolute Gasteiger partial charge is 0.224 e. The molecule has 1 aliphatic rings. The van der Waals surface area contributed by atoms with E-state index in [9.17, 15) is 5.11 Å². The quantitative estimate of drug-likeness (QED) is 0.731. The van der Waals surface area contributed by atoms with Crippen LogP contribution in [-0.4, -0.2) is 49.8 Å². The zero-order valence-electron chi connectivity index (χ0n) is 13.3. The highest BCUT2D eigenvalue weighted by atomic mass is 16.5. The maximum Gasteiger partial charge on any atom is 0.224 e. The number of aliphatic hydroxyl groups excluding tert-OH is 1. The van der Waals surface area contributed by atoms with Gasteiger partial charge in [0.25, 0.3) is 0 Å². The zero-order valence-corrected chi connectivity index (χ0v) is 13.3. The minimum absolute atomic E-state index is 0.152. The monoisotopic (exact) mass is 326 g/mol. The minimum atomic E-state index is -0.152. The lowest BCUT2D eigenvalue weighted by molar-refractivity contribution is 0.0486. The number of hydrogen-bond acceptors (Lipinski definition) is 7. The molecule has 2 N–H and O–H groups in total. The van der Waals surface area contributed by atoms with Crippen LogP contribution in [0.25, 0.3) is 16.9 Å². The molecule has 24 heavy (non-hydrogen) atoms. The van der Waals surface area contributed by atoms with Gasteiger partial charge in [0, 0.05) is 6.54 Å².